The standard InChI is InChI=1S/C22H17N3O2/c1-12-18-9-8-17(21-13(2)24-25-14(21)3)10-19(18)27-22(26)20(12)16-6-4-15(11-23)5-7-16/h4-10H,1-3H3,(H,24,25). The Labute approximate surface area is 155 Å². The number of benzene rings is 2. The Morgan fingerprint density at radius 3 is 2.33 bits per heavy atom. The number of nitrogens with one attached hydrogen (secondary N) is 1. The second-order valence-electron chi connectivity index (χ2n) is 6.60. The molecule has 5 nitrogen and oxygen atoms in total. The fourth-order valence-electron chi connectivity index (χ4n) is 3.53. The van der Waals surface area contributed by atoms with E-state index in [-0.39, 0.29) is 5.63 Å². The summed E-state index contributed by atoms with van der Waals surface area (Å²) in [5.74, 6) is 0. The first-order valence-electron chi connectivity index (χ1n) is 8.59. The van der Waals surface area contributed by atoms with Gasteiger partial charge in [0.05, 0.1) is 22.9 Å². The van der Waals surface area contributed by atoms with E-state index in [4.69, 9.17) is 9.68 Å². The van der Waals surface area contributed by atoms with Gasteiger partial charge in [-0.05, 0) is 55.7 Å². The fraction of sp³-hybridized carbons (Fsp3) is 0.136. The van der Waals surface area contributed by atoms with Gasteiger partial charge >= 0.3 is 5.63 Å². The first-order valence-corrected chi connectivity index (χ1v) is 8.59. The summed E-state index contributed by atoms with van der Waals surface area (Å²) in [4.78, 5) is 12.7. The van der Waals surface area contributed by atoms with E-state index in [1.165, 1.54) is 0 Å². The highest BCUT2D eigenvalue weighted by Gasteiger charge is 2.16. The van der Waals surface area contributed by atoms with Crippen molar-refractivity contribution >= 4 is 11.0 Å². The summed E-state index contributed by atoms with van der Waals surface area (Å²) in [6.45, 7) is 5.83. The van der Waals surface area contributed by atoms with E-state index < -0.39 is 0 Å². The molecule has 1 N–H and O–H groups in total. The minimum Gasteiger partial charge on any atom is -0.422 e. The molecule has 27 heavy (non-hydrogen) atoms. The summed E-state index contributed by atoms with van der Waals surface area (Å²) in [6, 6.07) is 14.9. The third-order valence-corrected chi connectivity index (χ3v) is 4.89. The van der Waals surface area contributed by atoms with Crippen LogP contribution in [0.1, 0.15) is 22.5 Å². The molecule has 0 atom stereocenters. The second-order valence-corrected chi connectivity index (χ2v) is 6.60. The monoisotopic (exact) mass is 355 g/mol. The van der Waals surface area contributed by atoms with Gasteiger partial charge in [0.2, 0.25) is 0 Å². The second kappa shape index (κ2) is 6.26. The van der Waals surface area contributed by atoms with Crippen LogP contribution in [0.25, 0.3) is 33.2 Å². The van der Waals surface area contributed by atoms with E-state index in [2.05, 4.69) is 16.3 Å². The maximum atomic E-state index is 12.7. The van der Waals surface area contributed by atoms with Gasteiger partial charge in [0.15, 0.2) is 0 Å². The quantitative estimate of drug-likeness (QED) is 0.531. The highest BCUT2D eigenvalue weighted by molar-refractivity contribution is 5.90. The smallest absolute Gasteiger partial charge is 0.344 e. The molecule has 0 aliphatic rings. The minimum absolute atomic E-state index is 0.387. The lowest BCUT2D eigenvalue weighted by Crippen LogP contribution is -2.06. The molecule has 5 heteroatoms. The molecule has 0 aliphatic carbocycles. The van der Waals surface area contributed by atoms with Gasteiger partial charge in [-0.3, -0.25) is 5.10 Å². The molecule has 0 fully saturated rings. The van der Waals surface area contributed by atoms with Gasteiger partial charge < -0.3 is 4.42 Å². The van der Waals surface area contributed by atoms with Crippen LogP contribution in [0.15, 0.2) is 51.7 Å². The van der Waals surface area contributed by atoms with Crippen LogP contribution < -0.4 is 5.63 Å². The average molecular weight is 355 g/mol. The number of hydrogen-bond acceptors (Lipinski definition) is 4. The Balaban J connectivity index is 1.91. The predicted octanol–water partition coefficient (Wildman–Crippen LogP) is 4.65. The van der Waals surface area contributed by atoms with E-state index in [9.17, 15) is 4.79 Å². The number of aromatic nitrogens is 2. The average Bonchev–Trinajstić information content (AvgIpc) is 3.00. The molecule has 0 amide bonds. The van der Waals surface area contributed by atoms with Crippen LogP contribution in [0.2, 0.25) is 0 Å². The molecule has 4 aromatic rings. The molecular weight excluding hydrogens is 338 g/mol. The van der Waals surface area contributed by atoms with Crippen LogP contribution in [0.5, 0.6) is 0 Å². The summed E-state index contributed by atoms with van der Waals surface area (Å²) < 4.78 is 5.65. The van der Waals surface area contributed by atoms with Crippen molar-refractivity contribution in [2.24, 2.45) is 0 Å². The van der Waals surface area contributed by atoms with Crippen molar-refractivity contribution in [3.63, 3.8) is 0 Å². The van der Waals surface area contributed by atoms with Crippen molar-refractivity contribution in [1.29, 1.82) is 5.26 Å². The largest absolute Gasteiger partial charge is 0.422 e. The predicted molar refractivity (Wildman–Crippen MR) is 104 cm³/mol. The topological polar surface area (TPSA) is 82.7 Å². The Hall–Kier alpha value is -3.65. The summed E-state index contributed by atoms with van der Waals surface area (Å²) in [6.07, 6.45) is 0. The number of nitrogens with zero attached hydrogens (tertiary/aromatic N) is 2. The van der Waals surface area contributed by atoms with Crippen molar-refractivity contribution in [2.75, 3.05) is 0 Å². The molecule has 0 saturated carbocycles. The molecular formula is C22H17N3O2. The lowest BCUT2D eigenvalue weighted by atomic mass is 9.96. The molecule has 4 rings (SSSR count). The number of nitriles is 1. The minimum atomic E-state index is -0.387. The van der Waals surface area contributed by atoms with E-state index in [1.54, 1.807) is 24.3 Å². The molecule has 0 bridgehead atoms. The third kappa shape index (κ3) is 2.72. The maximum Gasteiger partial charge on any atom is 0.344 e. The van der Waals surface area contributed by atoms with Crippen LogP contribution >= 0.6 is 0 Å². The third-order valence-electron chi connectivity index (χ3n) is 4.89. The zero-order chi connectivity index (χ0) is 19.1. The van der Waals surface area contributed by atoms with Gasteiger partial charge in [-0.25, -0.2) is 4.79 Å². The zero-order valence-corrected chi connectivity index (χ0v) is 15.3. The summed E-state index contributed by atoms with van der Waals surface area (Å²) in [5, 5.41) is 17.1. The molecule has 0 aliphatic heterocycles. The first-order chi connectivity index (χ1) is 13.0. The molecule has 132 valence electrons. The van der Waals surface area contributed by atoms with E-state index in [1.807, 2.05) is 39.0 Å². The van der Waals surface area contributed by atoms with Crippen LogP contribution in [-0.2, 0) is 0 Å². The van der Waals surface area contributed by atoms with Crippen molar-refractivity contribution in [3.8, 4) is 28.3 Å². The molecule has 0 saturated heterocycles. The number of hydrogen-bond donors (Lipinski definition) is 1. The number of aryl methyl sites for hydroxylation is 3. The van der Waals surface area contributed by atoms with Gasteiger partial charge in [-0.2, -0.15) is 10.4 Å². The molecule has 2 aromatic heterocycles. The van der Waals surface area contributed by atoms with Crippen molar-refractivity contribution in [1.82, 2.24) is 10.2 Å². The lowest BCUT2D eigenvalue weighted by molar-refractivity contribution is 0.562. The highest BCUT2D eigenvalue weighted by atomic mass is 16.4. The molecule has 0 unspecified atom stereocenters. The normalized spacial score (nSPS) is 10.9. The Morgan fingerprint density at radius 2 is 1.70 bits per heavy atom. The Bertz CT molecular complexity index is 1250. The first kappa shape index (κ1) is 16.8. The van der Waals surface area contributed by atoms with Gasteiger partial charge in [0.1, 0.15) is 5.58 Å². The highest BCUT2D eigenvalue weighted by Crippen LogP contribution is 2.32. The zero-order valence-electron chi connectivity index (χ0n) is 15.3. The van der Waals surface area contributed by atoms with E-state index >= 15 is 0 Å². The van der Waals surface area contributed by atoms with Crippen molar-refractivity contribution in [3.05, 3.63) is 75.4 Å². The summed E-state index contributed by atoms with van der Waals surface area (Å²) in [7, 11) is 0. The van der Waals surface area contributed by atoms with Crippen molar-refractivity contribution < 1.29 is 4.42 Å². The maximum absolute atomic E-state index is 12.7. The number of rotatable bonds is 2. The van der Waals surface area contributed by atoms with Gasteiger partial charge in [-0.15, -0.1) is 0 Å². The van der Waals surface area contributed by atoms with Crippen LogP contribution in [0.3, 0.4) is 0 Å². The van der Waals surface area contributed by atoms with Crippen LogP contribution in [0.4, 0.5) is 0 Å². The Morgan fingerprint density at radius 1 is 1.00 bits per heavy atom. The summed E-state index contributed by atoms with van der Waals surface area (Å²) in [5.41, 5.74) is 6.70. The van der Waals surface area contributed by atoms with Gasteiger partial charge in [-0.1, -0.05) is 24.3 Å². The van der Waals surface area contributed by atoms with Crippen LogP contribution in [0, 0.1) is 32.1 Å². The SMILES string of the molecule is Cc1n[nH]c(C)c1-c1ccc2c(C)c(-c3ccc(C#N)cc3)c(=O)oc2c1. The molecule has 2 aromatic carbocycles. The van der Waals surface area contributed by atoms with Gasteiger partial charge in [0.25, 0.3) is 0 Å². The molecule has 2 heterocycles. The number of fused-ring (bicyclic) bond motifs is 1. The van der Waals surface area contributed by atoms with Crippen molar-refractivity contribution in [2.45, 2.75) is 20.8 Å². The molecule has 0 spiro atoms. The van der Waals surface area contributed by atoms with E-state index in [0.29, 0.717) is 16.7 Å². The number of aromatic amines is 1. The molecule has 0 radical (unpaired) electrons. The lowest BCUT2D eigenvalue weighted by Gasteiger charge is -2.10. The fourth-order valence-corrected chi connectivity index (χ4v) is 3.53. The van der Waals surface area contributed by atoms with E-state index in [0.717, 1.165) is 39.0 Å². The summed E-state index contributed by atoms with van der Waals surface area (Å²) >= 11 is 0. The van der Waals surface area contributed by atoms with Crippen LogP contribution in [-0.4, -0.2) is 10.2 Å². The van der Waals surface area contributed by atoms with Gasteiger partial charge in [0, 0.05) is 16.6 Å². The number of H-pyrrole nitrogens is 1. The Kier molecular flexibility index (Phi) is 3.89.